The summed E-state index contributed by atoms with van der Waals surface area (Å²) in [5.41, 5.74) is 4.73. The van der Waals surface area contributed by atoms with Crippen LogP contribution >= 0.6 is 15.9 Å². The van der Waals surface area contributed by atoms with Gasteiger partial charge in [-0.1, -0.05) is 24.3 Å². The van der Waals surface area contributed by atoms with Gasteiger partial charge < -0.3 is 9.72 Å². The average molecular weight is 489 g/mol. The van der Waals surface area contributed by atoms with E-state index in [4.69, 9.17) is 4.74 Å². The van der Waals surface area contributed by atoms with Crippen molar-refractivity contribution in [3.05, 3.63) is 97.8 Å². The smallest absolute Gasteiger partial charge is 0.269 e. The Hall–Kier alpha value is -3.96. The molecule has 1 aromatic heterocycles. The van der Waals surface area contributed by atoms with Crippen LogP contribution in [0.4, 0.5) is 5.69 Å². The van der Waals surface area contributed by atoms with Gasteiger partial charge in [-0.3, -0.25) is 10.1 Å². The zero-order valence-electron chi connectivity index (χ0n) is 17.0. The lowest BCUT2D eigenvalue weighted by molar-refractivity contribution is -0.384. The van der Waals surface area contributed by atoms with Crippen molar-refractivity contribution in [3.8, 4) is 11.8 Å². The molecule has 3 aromatic carbocycles. The number of allylic oxidation sites excluding steroid dienone is 1. The van der Waals surface area contributed by atoms with E-state index < -0.39 is 4.92 Å². The van der Waals surface area contributed by atoms with Crippen molar-refractivity contribution in [2.75, 3.05) is 0 Å². The Morgan fingerprint density at radius 3 is 2.84 bits per heavy atom. The van der Waals surface area contributed by atoms with Gasteiger partial charge in [0.05, 0.1) is 26.0 Å². The largest absolute Gasteiger partial charge is 0.488 e. The molecule has 1 N–H and O–H groups in total. The Kier molecular flexibility index (Phi) is 6.01. The molecule has 1 heterocycles. The van der Waals surface area contributed by atoms with Gasteiger partial charge >= 0.3 is 0 Å². The number of nitrogens with one attached hydrogen (secondary N) is 1. The highest BCUT2D eigenvalue weighted by Crippen LogP contribution is 2.29. The number of ether oxygens (including phenoxy) is 1. The monoisotopic (exact) mass is 488 g/mol. The van der Waals surface area contributed by atoms with Crippen LogP contribution in [-0.4, -0.2) is 14.9 Å². The summed E-state index contributed by atoms with van der Waals surface area (Å²) >= 11 is 3.49. The highest BCUT2D eigenvalue weighted by atomic mass is 79.9. The molecule has 0 aliphatic heterocycles. The minimum absolute atomic E-state index is 0.0235. The van der Waals surface area contributed by atoms with Gasteiger partial charge in [0.2, 0.25) is 0 Å². The number of nitriles is 1. The maximum absolute atomic E-state index is 10.9. The number of benzene rings is 3. The molecule has 0 aliphatic carbocycles. The predicted molar refractivity (Wildman–Crippen MR) is 126 cm³/mol. The quantitative estimate of drug-likeness (QED) is 0.198. The summed E-state index contributed by atoms with van der Waals surface area (Å²) in [5, 5.41) is 20.6. The highest BCUT2D eigenvalue weighted by Gasteiger charge is 2.10. The van der Waals surface area contributed by atoms with E-state index in [1.165, 1.54) is 12.1 Å². The minimum Gasteiger partial charge on any atom is -0.488 e. The van der Waals surface area contributed by atoms with E-state index in [-0.39, 0.29) is 12.3 Å². The number of H-pyrrole nitrogens is 1. The molecule has 0 bridgehead atoms. The summed E-state index contributed by atoms with van der Waals surface area (Å²) < 4.78 is 6.51. The Labute approximate surface area is 192 Å². The van der Waals surface area contributed by atoms with E-state index in [9.17, 15) is 15.4 Å². The van der Waals surface area contributed by atoms with Crippen LogP contribution in [0.5, 0.6) is 5.75 Å². The highest BCUT2D eigenvalue weighted by molar-refractivity contribution is 9.10. The first-order valence-electron chi connectivity index (χ1n) is 9.67. The molecule has 8 heteroatoms. The molecule has 158 valence electrons. The van der Waals surface area contributed by atoms with E-state index in [0.717, 1.165) is 22.2 Å². The van der Waals surface area contributed by atoms with Gasteiger partial charge in [-0.2, -0.15) is 5.26 Å². The van der Waals surface area contributed by atoms with Crippen molar-refractivity contribution in [1.29, 1.82) is 5.26 Å². The number of non-ortho nitro benzene ring substituents is 1. The number of halogens is 1. The summed E-state index contributed by atoms with van der Waals surface area (Å²) in [6, 6.07) is 19.9. The normalized spacial score (nSPS) is 11.3. The molecular formula is C24H17BrN4O3. The molecule has 0 radical (unpaired) electrons. The van der Waals surface area contributed by atoms with Crippen LogP contribution in [0.1, 0.15) is 22.5 Å². The fourth-order valence-corrected chi connectivity index (χ4v) is 3.73. The molecule has 0 saturated carbocycles. The SMILES string of the molecule is Cc1ccc2nc(/C(C#N)=C\c3ccc(OCc4cccc([N+](=O)[O-])c4)c(Br)c3)[nH]c2c1. The second-order valence-corrected chi connectivity index (χ2v) is 8.04. The molecule has 0 unspecified atom stereocenters. The van der Waals surface area contributed by atoms with Crippen molar-refractivity contribution in [2.24, 2.45) is 0 Å². The van der Waals surface area contributed by atoms with Crippen molar-refractivity contribution < 1.29 is 9.66 Å². The van der Waals surface area contributed by atoms with Crippen LogP contribution in [0.25, 0.3) is 22.7 Å². The molecule has 7 nitrogen and oxygen atoms in total. The van der Waals surface area contributed by atoms with Crippen LogP contribution in [0.15, 0.2) is 65.1 Å². The number of rotatable bonds is 6. The first-order valence-corrected chi connectivity index (χ1v) is 10.5. The third kappa shape index (κ3) is 4.68. The van der Waals surface area contributed by atoms with Crippen molar-refractivity contribution in [3.63, 3.8) is 0 Å². The maximum Gasteiger partial charge on any atom is 0.269 e. The van der Waals surface area contributed by atoms with Crippen LogP contribution in [-0.2, 0) is 6.61 Å². The lowest BCUT2D eigenvalue weighted by atomic mass is 10.1. The predicted octanol–water partition coefficient (Wildman–Crippen LogP) is 6.19. The zero-order chi connectivity index (χ0) is 22.7. The number of aromatic amines is 1. The number of nitrogens with zero attached hydrogens (tertiary/aromatic N) is 3. The summed E-state index contributed by atoms with van der Waals surface area (Å²) in [7, 11) is 0. The van der Waals surface area contributed by atoms with E-state index in [1.54, 1.807) is 24.3 Å². The molecule has 0 spiro atoms. The second-order valence-electron chi connectivity index (χ2n) is 7.18. The summed E-state index contributed by atoms with van der Waals surface area (Å²) in [6.07, 6.45) is 1.75. The first kappa shape index (κ1) is 21.3. The minimum atomic E-state index is -0.434. The van der Waals surface area contributed by atoms with Gasteiger partial charge in [0, 0.05) is 12.1 Å². The average Bonchev–Trinajstić information content (AvgIpc) is 3.20. The third-order valence-electron chi connectivity index (χ3n) is 4.80. The van der Waals surface area contributed by atoms with Gasteiger partial charge in [0.15, 0.2) is 0 Å². The molecule has 4 aromatic rings. The lowest BCUT2D eigenvalue weighted by Crippen LogP contribution is -1.97. The Morgan fingerprint density at radius 1 is 1.25 bits per heavy atom. The van der Waals surface area contributed by atoms with Crippen LogP contribution in [0.2, 0.25) is 0 Å². The van der Waals surface area contributed by atoms with Gasteiger partial charge in [-0.15, -0.1) is 0 Å². The topological polar surface area (TPSA) is 105 Å². The number of hydrogen-bond acceptors (Lipinski definition) is 5. The number of imidazole rings is 1. The van der Waals surface area contributed by atoms with Gasteiger partial charge in [0.1, 0.15) is 24.3 Å². The summed E-state index contributed by atoms with van der Waals surface area (Å²) in [5.74, 6) is 1.10. The van der Waals surface area contributed by atoms with Crippen molar-refractivity contribution in [1.82, 2.24) is 9.97 Å². The molecule has 0 saturated heterocycles. The van der Waals surface area contributed by atoms with E-state index in [0.29, 0.717) is 27.2 Å². The lowest BCUT2D eigenvalue weighted by Gasteiger charge is -2.09. The van der Waals surface area contributed by atoms with E-state index in [1.807, 2.05) is 37.3 Å². The number of nitro groups is 1. The summed E-state index contributed by atoms with van der Waals surface area (Å²) in [4.78, 5) is 18.2. The summed E-state index contributed by atoms with van der Waals surface area (Å²) in [6.45, 7) is 2.19. The van der Waals surface area contributed by atoms with Gasteiger partial charge in [0.25, 0.3) is 5.69 Å². The second kappa shape index (κ2) is 9.04. The van der Waals surface area contributed by atoms with Crippen LogP contribution in [0.3, 0.4) is 0 Å². The molecule has 0 fully saturated rings. The molecule has 0 amide bonds. The number of nitro benzene ring substituents is 1. The Bertz CT molecular complexity index is 1400. The van der Waals surface area contributed by atoms with Crippen molar-refractivity contribution >= 4 is 44.3 Å². The zero-order valence-corrected chi connectivity index (χ0v) is 18.6. The number of aryl methyl sites for hydroxylation is 1. The third-order valence-corrected chi connectivity index (χ3v) is 5.42. The van der Waals surface area contributed by atoms with E-state index in [2.05, 4.69) is 32.0 Å². The fourth-order valence-electron chi connectivity index (χ4n) is 3.22. The van der Waals surface area contributed by atoms with Crippen LogP contribution < -0.4 is 4.74 Å². The molecule has 32 heavy (non-hydrogen) atoms. The molecule has 4 rings (SSSR count). The van der Waals surface area contributed by atoms with Gasteiger partial charge in [-0.25, -0.2) is 4.98 Å². The fraction of sp³-hybridized carbons (Fsp3) is 0.0833. The van der Waals surface area contributed by atoms with Crippen LogP contribution in [0, 0.1) is 28.4 Å². The number of hydrogen-bond donors (Lipinski definition) is 1. The van der Waals surface area contributed by atoms with E-state index >= 15 is 0 Å². The maximum atomic E-state index is 10.9. The van der Waals surface area contributed by atoms with Gasteiger partial charge in [-0.05, 0) is 69.9 Å². The molecular weight excluding hydrogens is 472 g/mol. The van der Waals surface area contributed by atoms with Crippen molar-refractivity contribution in [2.45, 2.75) is 13.5 Å². The Balaban J connectivity index is 1.54. The molecule has 0 aliphatic rings. The molecule has 0 atom stereocenters. The Morgan fingerprint density at radius 2 is 2.09 bits per heavy atom. The number of fused-ring (bicyclic) bond motifs is 1. The standard InChI is InChI=1S/C24H17BrN4O3/c1-15-5-7-21-22(9-15)28-24(27-21)18(13-26)10-16-6-8-23(20(25)12-16)32-14-17-3-2-4-19(11-17)29(30)31/h2-12H,14H2,1H3,(H,27,28)/b18-10-. The first-order chi connectivity index (χ1) is 15.4. The number of aromatic nitrogens is 2.